The highest BCUT2D eigenvalue weighted by atomic mass is 15.3. The van der Waals surface area contributed by atoms with E-state index in [0.29, 0.717) is 18.1 Å². The summed E-state index contributed by atoms with van der Waals surface area (Å²) in [5, 5.41) is 11.7. The lowest BCUT2D eigenvalue weighted by atomic mass is 9.94. The minimum Gasteiger partial charge on any atom is -0.355 e. The van der Waals surface area contributed by atoms with Crippen LogP contribution in [-0.2, 0) is 12.8 Å². The second kappa shape index (κ2) is 7.81. The Hall–Kier alpha value is -1.56. The van der Waals surface area contributed by atoms with Crippen LogP contribution in [-0.4, -0.2) is 60.4 Å². The maximum atomic E-state index is 4.74. The number of rotatable bonds is 5. The Bertz CT molecular complexity index is 531. The van der Waals surface area contributed by atoms with Crippen LogP contribution in [0.25, 0.3) is 0 Å². The van der Waals surface area contributed by atoms with E-state index in [0.717, 1.165) is 31.8 Å². The third-order valence-corrected chi connectivity index (χ3v) is 4.64. The second-order valence-corrected chi connectivity index (χ2v) is 7.02. The summed E-state index contributed by atoms with van der Waals surface area (Å²) in [4.78, 5) is 6.55. The van der Waals surface area contributed by atoms with Gasteiger partial charge in [0.05, 0.1) is 5.69 Å². The SMILES string of the molecule is CN=C(NCC(C)N(C)C)NC1CCc2cn(C(C)C)nc2C1. The Morgan fingerprint density at radius 1 is 1.43 bits per heavy atom. The van der Waals surface area contributed by atoms with Gasteiger partial charge in [0.15, 0.2) is 5.96 Å². The highest BCUT2D eigenvalue weighted by Crippen LogP contribution is 2.21. The molecule has 6 heteroatoms. The maximum absolute atomic E-state index is 4.74. The summed E-state index contributed by atoms with van der Waals surface area (Å²) in [5.41, 5.74) is 2.64. The molecule has 0 radical (unpaired) electrons. The molecule has 1 aliphatic carbocycles. The number of hydrogen-bond acceptors (Lipinski definition) is 3. The van der Waals surface area contributed by atoms with Crippen LogP contribution < -0.4 is 10.6 Å². The van der Waals surface area contributed by atoms with Crippen LogP contribution >= 0.6 is 0 Å². The fraction of sp³-hybridized carbons (Fsp3) is 0.765. The number of likely N-dealkylation sites (N-methyl/N-ethyl adjacent to an activating group) is 1. The summed E-state index contributed by atoms with van der Waals surface area (Å²) in [6.45, 7) is 7.43. The summed E-state index contributed by atoms with van der Waals surface area (Å²) in [7, 11) is 6.02. The predicted molar refractivity (Wildman–Crippen MR) is 96.1 cm³/mol. The fourth-order valence-electron chi connectivity index (χ4n) is 2.72. The van der Waals surface area contributed by atoms with Gasteiger partial charge in [-0.15, -0.1) is 0 Å². The zero-order chi connectivity index (χ0) is 17.0. The molecule has 2 rings (SSSR count). The topological polar surface area (TPSA) is 57.5 Å². The molecule has 2 N–H and O–H groups in total. The van der Waals surface area contributed by atoms with E-state index >= 15 is 0 Å². The van der Waals surface area contributed by atoms with Crippen LogP contribution in [0.1, 0.15) is 44.5 Å². The lowest BCUT2D eigenvalue weighted by Crippen LogP contribution is -2.48. The van der Waals surface area contributed by atoms with Crippen molar-refractivity contribution in [2.24, 2.45) is 4.99 Å². The van der Waals surface area contributed by atoms with Gasteiger partial charge in [0, 0.05) is 44.3 Å². The molecule has 0 bridgehead atoms. The first-order chi connectivity index (χ1) is 10.9. The van der Waals surface area contributed by atoms with Crippen molar-refractivity contribution in [1.29, 1.82) is 0 Å². The van der Waals surface area contributed by atoms with E-state index < -0.39 is 0 Å². The maximum Gasteiger partial charge on any atom is 0.191 e. The van der Waals surface area contributed by atoms with Gasteiger partial charge in [0.25, 0.3) is 0 Å². The summed E-state index contributed by atoms with van der Waals surface area (Å²) in [6.07, 6.45) is 5.40. The molecule has 6 nitrogen and oxygen atoms in total. The molecule has 0 aromatic carbocycles. The van der Waals surface area contributed by atoms with Crippen molar-refractivity contribution < 1.29 is 0 Å². The number of nitrogens with one attached hydrogen (secondary N) is 2. The van der Waals surface area contributed by atoms with E-state index in [1.54, 1.807) is 0 Å². The Morgan fingerprint density at radius 2 is 2.17 bits per heavy atom. The van der Waals surface area contributed by atoms with Crippen molar-refractivity contribution in [3.8, 4) is 0 Å². The Balaban J connectivity index is 1.90. The lowest BCUT2D eigenvalue weighted by molar-refractivity contribution is 0.312. The zero-order valence-electron chi connectivity index (χ0n) is 15.4. The summed E-state index contributed by atoms with van der Waals surface area (Å²) < 4.78 is 2.08. The van der Waals surface area contributed by atoms with Gasteiger partial charge in [-0.2, -0.15) is 5.10 Å². The number of aliphatic imine (C=N–C) groups is 1. The van der Waals surface area contributed by atoms with Crippen LogP contribution in [0.15, 0.2) is 11.2 Å². The van der Waals surface area contributed by atoms with Crippen LogP contribution in [0.5, 0.6) is 0 Å². The highest BCUT2D eigenvalue weighted by Gasteiger charge is 2.23. The molecule has 2 atom stereocenters. The average Bonchev–Trinajstić information content (AvgIpc) is 2.94. The first-order valence-electron chi connectivity index (χ1n) is 8.61. The number of guanidine groups is 1. The third-order valence-electron chi connectivity index (χ3n) is 4.64. The van der Waals surface area contributed by atoms with E-state index in [2.05, 4.69) is 66.3 Å². The minimum atomic E-state index is 0.402. The van der Waals surface area contributed by atoms with Gasteiger partial charge in [-0.25, -0.2) is 0 Å². The number of aryl methyl sites for hydroxylation is 1. The lowest BCUT2D eigenvalue weighted by Gasteiger charge is -2.26. The fourth-order valence-corrected chi connectivity index (χ4v) is 2.72. The molecule has 1 aromatic rings. The second-order valence-electron chi connectivity index (χ2n) is 7.02. The van der Waals surface area contributed by atoms with E-state index in [4.69, 9.17) is 5.10 Å². The Kier molecular flexibility index (Phi) is 6.04. The van der Waals surface area contributed by atoms with Gasteiger partial charge in [-0.3, -0.25) is 9.67 Å². The minimum absolute atomic E-state index is 0.402. The largest absolute Gasteiger partial charge is 0.355 e. The smallest absolute Gasteiger partial charge is 0.191 e. The van der Waals surface area contributed by atoms with Crippen molar-refractivity contribution in [1.82, 2.24) is 25.3 Å². The molecule has 0 saturated heterocycles. The monoisotopic (exact) mass is 320 g/mol. The molecule has 130 valence electrons. The molecule has 1 aliphatic rings. The highest BCUT2D eigenvalue weighted by molar-refractivity contribution is 5.80. The zero-order valence-corrected chi connectivity index (χ0v) is 15.4. The van der Waals surface area contributed by atoms with Crippen molar-refractivity contribution in [3.05, 3.63) is 17.5 Å². The number of aromatic nitrogens is 2. The molecule has 1 heterocycles. The molecule has 0 saturated carbocycles. The Labute approximate surface area is 140 Å². The Morgan fingerprint density at radius 3 is 2.78 bits per heavy atom. The van der Waals surface area contributed by atoms with Gasteiger partial charge < -0.3 is 15.5 Å². The standard InChI is InChI=1S/C17H32N6/c1-12(2)23-11-14-7-8-15(9-16(14)21-23)20-17(18-4)19-10-13(3)22(5)6/h11-13,15H,7-10H2,1-6H3,(H2,18,19,20). The van der Waals surface area contributed by atoms with E-state index in [-0.39, 0.29) is 0 Å². The normalized spacial score (nSPS) is 19.8. The van der Waals surface area contributed by atoms with Crippen LogP contribution in [0.2, 0.25) is 0 Å². The first-order valence-corrected chi connectivity index (χ1v) is 8.61. The quantitative estimate of drug-likeness (QED) is 0.637. The molecular formula is C17H32N6. The van der Waals surface area contributed by atoms with Crippen molar-refractivity contribution in [2.75, 3.05) is 27.7 Å². The molecule has 1 aromatic heterocycles. The molecule has 0 amide bonds. The summed E-state index contributed by atoms with van der Waals surface area (Å²) in [5.74, 6) is 0.885. The molecule has 23 heavy (non-hydrogen) atoms. The van der Waals surface area contributed by atoms with Gasteiger partial charge in [0.2, 0.25) is 0 Å². The number of nitrogens with zero attached hydrogens (tertiary/aromatic N) is 4. The first kappa shape index (κ1) is 17.8. The molecule has 2 unspecified atom stereocenters. The van der Waals surface area contributed by atoms with Crippen molar-refractivity contribution in [2.45, 2.75) is 58.2 Å². The summed E-state index contributed by atoms with van der Waals surface area (Å²) >= 11 is 0. The number of hydrogen-bond donors (Lipinski definition) is 2. The molecular weight excluding hydrogens is 288 g/mol. The number of fused-ring (bicyclic) bond motifs is 1. The van der Waals surface area contributed by atoms with Gasteiger partial charge >= 0.3 is 0 Å². The van der Waals surface area contributed by atoms with Gasteiger partial charge in [-0.1, -0.05) is 0 Å². The van der Waals surface area contributed by atoms with Crippen LogP contribution in [0.3, 0.4) is 0 Å². The molecule has 0 aliphatic heterocycles. The molecule has 0 spiro atoms. The van der Waals surface area contributed by atoms with Crippen molar-refractivity contribution in [3.63, 3.8) is 0 Å². The van der Waals surface area contributed by atoms with Gasteiger partial charge in [-0.05, 0) is 53.3 Å². The van der Waals surface area contributed by atoms with E-state index in [1.807, 2.05) is 7.05 Å². The van der Waals surface area contributed by atoms with Crippen LogP contribution in [0.4, 0.5) is 0 Å². The summed E-state index contributed by atoms with van der Waals surface area (Å²) in [6, 6.07) is 1.29. The van der Waals surface area contributed by atoms with Crippen molar-refractivity contribution >= 4 is 5.96 Å². The molecule has 0 fully saturated rings. The average molecular weight is 320 g/mol. The van der Waals surface area contributed by atoms with Gasteiger partial charge in [0.1, 0.15) is 0 Å². The van der Waals surface area contributed by atoms with E-state index in [9.17, 15) is 0 Å². The predicted octanol–water partition coefficient (Wildman–Crippen LogP) is 1.44. The third kappa shape index (κ3) is 4.70. The van der Waals surface area contributed by atoms with Crippen LogP contribution in [0, 0.1) is 0 Å². The van der Waals surface area contributed by atoms with E-state index in [1.165, 1.54) is 11.3 Å².